The van der Waals surface area contributed by atoms with Crippen LogP contribution in [0.3, 0.4) is 0 Å². The van der Waals surface area contributed by atoms with E-state index in [0.717, 1.165) is 23.8 Å². The van der Waals surface area contributed by atoms with Crippen molar-refractivity contribution in [1.29, 1.82) is 0 Å². The van der Waals surface area contributed by atoms with Gasteiger partial charge in [0.05, 0.1) is 12.8 Å². The number of nitrogens with zero attached hydrogens (tertiary/aromatic N) is 1. The lowest BCUT2D eigenvalue weighted by molar-refractivity contribution is 0.230. The molecule has 2 atom stereocenters. The molecule has 2 heterocycles. The van der Waals surface area contributed by atoms with Crippen molar-refractivity contribution in [1.82, 2.24) is 10.3 Å². The van der Waals surface area contributed by atoms with Gasteiger partial charge in [-0.1, -0.05) is 6.08 Å². The first-order chi connectivity index (χ1) is 8.28. The lowest BCUT2D eigenvalue weighted by Gasteiger charge is -2.41. The Hall–Kier alpha value is -1.35. The number of aromatic nitrogens is 1. The fourth-order valence-electron chi connectivity index (χ4n) is 2.68. The Bertz CT molecular complexity index is 467. The normalized spacial score (nSPS) is 26.8. The van der Waals surface area contributed by atoms with Gasteiger partial charge in [0.15, 0.2) is 0 Å². The minimum Gasteiger partial charge on any atom is -0.495 e. The zero-order chi connectivity index (χ0) is 11.8. The van der Waals surface area contributed by atoms with Gasteiger partial charge in [-0.3, -0.25) is 4.98 Å². The van der Waals surface area contributed by atoms with Crippen LogP contribution in [0.1, 0.15) is 24.1 Å². The largest absolute Gasteiger partial charge is 0.495 e. The van der Waals surface area contributed by atoms with Crippen LogP contribution >= 0.6 is 0 Å². The van der Waals surface area contributed by atoms with E-state index in [2.05, 4.69) is 22.4 Å². The molecular weight excluding hydrogens is 212 g/mol. The third-order valence-corrected chi connectivity index (χ3v) is 3.95. The standard InChI is InChI=1S/C14H18N2O/c1-9-14(17-2)6-12(8-15-9)10-3-4-11-7-16-13(11)5-10/h3,6,8,11,13,16H,4-5,7H2,1-2H3. The summed E-state index contributed by atoms with van der Waals surface area (Å²) < 4.78 is 5.33. The number of rotatable bonds is 2. The van der Waals surface area contributed by atoms with Gasteiger partial charge in [0.2, 0.25) is 0 Å². The van der Waals surface area contributed by atoms with Crippen LogP contribution in [0.2, 0.25) is 0 Å². The third kappa shape index (κ3) is 1.84. The quantitative estimate of drug-likeness (QED) is 0.845. The molecular formula is C14H18N2O. The summed E-state index contributed by atoms with van der Waals surface area (Å²) in [5, 5.41) is 3.49. The van der Waals surface area contributed by atoms with E-state index in [1.165, 1.54) is 24.1 Å². The number of nitrogens with one attached hydrogen (secondary N) is 1. The highest BCUT2D eigenvalue weighted by atomic mass is 16.5. The second-order valence-electron chi connectivity index (χ2n) is 4.96. The Morgan fingerprint density at radius 1 is 1.47 bits per heavy atom. The van der Waals surface area contributed by atoms with Gasteiger partial charge in [0.25, 0.3) is 0 Å². The van der Waals surface area contributed by atoms with E-state index in [4.69, 9.17) is 4.74 Å². The molecule has 1 aliphatic carbocycles. The molecule has 1 aromatic heterocycles. The van der Waals surface area contributed by atoms with Crippen molar-refractivity contribution in [3.63, 3.8) is 0 Å². The molecule has 3 heteroatoms. The van der Waals surface area contributed by atoms with Gasteiger partial charge in [0, 0.05) is 18.8 Å². The van der Waals surface area contributed by atoms with Crippen LogP contribution in [0.25, 0.3) is 5.57 Å². The molecule has 1 saturated heterocycles. The summed E-state index contributed by atoms with van der Waals surface area (Å²) in [6.45, 7) is 3.16. The van der Waals surface area contributed by atoms with Crippen molar-refractivity contribution in [2.75, 3.05) is 13.7 Å². The maximum absolute atomic E-state index is 5.33. The highest BCUT2D eigenvalue weighted by molar-refractivity contribution is 5.68. The molecule has 3 nitrogen and oxygen atoms in total. The topological polar surface area (TPSA) is 34.1 Å². The van der Waals surface area contributed by atoms with Crippen molar-refractivity contribution < 1.29 is 4.74 Å². The molecule has 1 aliphatic heterocycles. The predicted octanol–water partition coefficient (Wildman–Crippen LogP) is 2.16. The van der Waals surface area contributed by atoms with Crippen LogP contribution in [0.15, 0.2) is 18.3 Å². The van der Waals surface area contributed by atoms with Crippen molar-refractivity contribution >= 4 is 5.57 Å². The Kier molecular flexibility index (Phi) is 2.63. The van der Waals surface area contributed by atoms with Crippen molar-refractivity contribution in [2.45, 2.75) is 25.8 Å². The summed E-state index contributed by atoms with van der Waals surface area (Å²) in [5.74, 6) is 1.74. The molecule has 0 bridgehead atoms. The monoisotopic (exact) mass is 230 g/mol. The minimum atomic E-state index is 0.683. The molecule has 2 aliphatic rings. The fourth-order valence-corrected chi connectivity index (χ4v) is 2.68. The summed E-state index contributed by atoms with van der Waals surface area (Å²) in [5.41, 5.74) is 3.57. The zero-order valence-electron chi connectivity index (χ0n) is 10.4. The smallest absolute Gasteiger partial charge is 0.140 e. The van der Waals surface area contributed by atoms with E-state index < -0.39 is 0 Å². The van der Waals surface area contributed by atoms with E-state index in [0.29, 0.717) is 6.04 Å². The van der Waals surface area contributed by atoms with Gasteiger partial charge in [0.1, 0.15) is 5.75 Å². The van der Waals surface area contributed by atoms with Gasteiger partial charge in [-0.25, -0.2) is 0 Å². The van der Waals surface area contributed by atoms with Crippen LogP contribution in [0.5, 0.6) is 5.75 Å². The second kappa shape index (κ2) is 4.15. The van der Waals surface area contributed by atoms with Gasteiger partial charge in [-0.05, 0) is 42.9 Å². The molecule has 1 N–H and O–H groups in total. The Labute approximate surface area is 102 Å². The number of pyridine rings is 1. The van der Waals surface area contributed by atoms with Gasteiger partial charge < -0.3 is 10.1 Å². The summed E-state index contributed by atoms with van der Waals surface area (Å²) in [7, 11) is 1.70. The summed E-state index contributed by atoms with van der Waals surface area (Å²) in [6.07, 6.45) is 6.65. The zero-order valence-corrected chi connectivity index (χ0v) is 10.4. The first-order valence-corrected chi connectivity index (χ1v) is 6.21. The molecule has 1 fully saturated rings. The number of allylic oxidation sites excluding steroid dienone is 1. The molecule has 0 amide bonds. The highest BCUT2D eigenvalue weighted by Gasteiger charge is 2.33. The average molecular weight is 230 g/mol. The van der Waals surface area contributed by atoms with Gasteiger partial charge >= 0.3 is 0 Å². The maximum atomic E-state index is 5.33. The number of fused-ring (bicyclic) bond motifs is 1. The lowest BCUT2D eigenvalue weighted by atomic mass is 9.78. The Morgan fingerprint density at radius 2 is 2.35 bits per heavy atom. The maximum Gasteiger partial charge on any atom is 0.140 e. The first kappa shape index (κ1) is 10.8. The third-order valence-electron chi connectivity index (χ3n) is 3.95. The lowest BCUT2D eigenvalue weighted by Crippen LogP contribution is -2.53. The Balaban J connectivity index is 1.88. The molecule has 90 valence electrons. The summed E-state index contributed by atoms with van der Waals surface area (Å²) in [4.78, 5) is 4.40. The van der Waals surface area contributed by atoms with E-state index in [1.54, 1.807) is 7.11 Å². The van der Waals surface area contributed by atoms with Crippen molar-refractivity contribution in [3.8, 4) is 5.75 Å². The van der Waals surface area contributed by atoms with Crippen LogP contribution in [0, 0.1) is 12.8 Å². The molecule has 1 aromatic rings. The van der Waals surface area contributed by atoms with Crippen LogP contribution in [-0.2, 0) is 0 Å². The molecule has 17 heavy (non-hydrogen) atoms. The number of methoxy groups -OCH3 is 1. The predicted molar refractivity (Wildman–Crippen MR) is 68.0 cm³/mol. The summed E-state index contributed by atoms with van der Waals surface area (Å²) in [6, 6.07) is 2.79. The SMILES string of the molecule is COc1cc(C2=CCC3CNC3C2)cnc1C. The number of hydrogen-bond donors (Lipinski definition) is 1. The first-order valence-electron chi connectivity index (χ1n) is 6.21. The number of ether oxygens (including phenoxy) is 1. The second-order valence-corrected chi connectivity index (χ2v) is 4.96. The molecule has 2 unspecified atom stereocenters. The molecule has 0 spiro atoms. The fraction of sp³-hybridized carbons (Fsp3) is 0.500. The van der Waals surface area contributed by atoms with E-state index in [9.17, 15) is 0 Å². The number of hydrogen-bond acceptors (Lipinski definition) is 3. The molecule has 0 radical (unpaired) electrons. The van der Waals surface area contributed by atoms with Crippen molar-refractivity contribution in [2.24, 2.45) is 5.92 Å². The van der Waals surface area contributed by atoms with E-state index in [-0.39, 0.29) is 0 Å². The molecule has 3 rings (SSSR count). The van der Waals surface area contributed by atoms with Gasteiger partial charge in [-0.2, -0.15) is 0 Å². The highest BCUT2D eigenvalue weighted by Crippen LogP contribution is 2.35. The summed E-state index contributed by atoms with van der Waals surface area (Å²) >= 11 is 0. The molecule has 0 saturated carbocycles. The van der Waals surface area contributed by atoms with Gasteiger partial charge in [-0.15, -0.1) is 0 Å². The van der Waals surface area contributed by atoms with Crippen LogP contribution in [-0.4, -0.2) is 24.7 Å². The van der Waals surface area contributed by atoms with Crippen molar-refractivity contribution in [3.05, 3.63) is 29.6 Å². The number of aryl methyl sites for hydroxylation is 1. The van der Waals surface area contributed by atoms with E-state index >= 15 is 0 Å². The molecule has 0 aromatic carbocycles. The van der Waals surface area contributed by atoms with Crippen LogP contribution < -0.4 is 10.1 Å². The minimum absolute atomic E-state index is 0.683. The van der Waals surface area contributed by atoms with E-state index in [1.807, 2.05) is 13.1 Å². The average Bonchev–Trinajstić information content (AvgIpc) is 2.32. The Morgan fingerprint density at radius 3 is 3.00 bits per heavy atom. The van der Waals surface area contributed by atoms with Crippen LogP contribution in [0.4, 0.5) is 0 Å².